The van der Waals surface area contributed by atoms with Crippen LogP contribution >= 0.6 is 0 Å². The lowest BCUT2D eigenvalue weighted by atomic mass is 10.00. The lowest BCUT2D eigenvalue weighted by Crippen LogP contribution is -2.35. The van der Waals surface area contributed by atoms with Crippen LogP contribution in [0.1, 0.15) is 41.6 Å². The molecule has 1 aliphatic heterocycles. The minimum absolute atomic E-state index is 0.571. The lowest BCUT2D eigenvalue weighted by Gasteiger charge is -2.22. The molecule has 10 nitrogen and oxygen atoms in total. The summed E-state index contributed by atoms with van der Waals surface area (Å²) in [6.07, 6.45) is 2.60. The highest BCUT2D eigenvalue weighted by Crippen LogP contribution is 2.41. The molecule has 0 fully saturated rings. The summed E-state index contributed by atoms with van der Waals surface area (Å²) in [6.45, 7) is 6.72. The fourth-order valence-electron chi connectivity index (χ4n) is 5.21. The Hall–Kier alpha value is -3.79. The van der Waals surface area contributed by atoms with E-state index in [4.69, 9.17) is 25.1 Å². The van der Waals surface area contributed by atoms with Gasteiger partial charge in [0, 0.05) is 28.6 Å². The van der Waals surface area contributed by atoms with Crippen molar-refractivity contribution in [2.24, 2.45) is 10.7 Å². The van der Waals surface area contributed by atoms with Crippen molar-refractivity contribution in [1.29, 1.82) is 0 Å². The van der Waals surface area contributed by atoms with Crippen molar-refractivity contribution in [3.63, 3.8) is 0 Å². The van der Waals surface area contributed by atoms with Gasteiger partial charge < -0.3 is 24.9 Å². The van der Waals surface area contributed by atoms with E-state index in [0.29, 0.717) is 5.84 Å². The van der Waals surface area contributed by atoms with Gasteiger partial charge in [-0.15, -0.1) is 0 Å². The Balaban J connectivity index is 1.50. The predicted octanol–water partition coefficient (Wildman–Crippen LogP) is 3.68. The van der Waals surface area contributed by atoms with E-state index in [2.05, 4.69) is 33.8 Å². The van der Waals surface area contributed by atoms with E-state index in [1.807, 2.05) is 24.6 Å². The van der Waals surface area contributed by atoms with Crippen molar-refractivity contribution in [3.05, 3.63) is 40.4 Å². The van der Waals surface area contributed by atoms with Gasteiger partial charge in [-0.25, -0.2) is 9.67 Å². The van der Waals surface area contributed by atoms with Crippen molar-refractivity contribution in [3.8, 4) is 16.9 Å². The summed E-state index contributed by atoms with van der Waals surface area (Å²) in [5.74, 6) is 4.01. The molecule has 2 aliphatic rings. The van der Waals surface area contributed by atoms with Crippen LogP contribution in [0.4, 0.5) is 11.6 Å². The molecule has 1 atom stereocenters. The standard InChI is InChI=1S/C24H28N8O2/c1-5-32-23(13-7-6-8-16(13)30-32)27-22-20-14-10-18(33-4)15(19-11(2)31-34-12(19)3)9-17(14)26-21(20)28-24(25)29-22/h9-10,24,26,28H,5-8,25H2,1-4H3,(H,27,29). The van der Waals surface area contributed by atoms with E-state index in [9.17, 15) is 0 Å². The second-order valence-electron chi connectivity index (χ2n) is 8.81. The largest absolute Gasteiger partial charge is 0.496 e. The van der Waals surface area contributed by atoms with Crippen molar-refractivity contribution in [1.82, 2.24) is 19.9 Å². The van der Waals surface area contributed by atoms with Crippen LogP contribution in [0.3, 0.4) is 0 Å². The van der Waals surface area contributed by atoms with Gasteiger partial charge in [0.2, 0.25) is 0 Å². The summed E-state index contributed by atoms with van der Waals surface area (Å²) in [6, 6.07) is 4.10. The number of rotatable bonds is 4. The molecule has 0 spiro atoms. The number of nitrogens with two attached hydrogens (primary N) is 1. The molecule has 3 aromatic heterocycles. The normalized spacial score (nSPS) is 16.9. The zero-order valence-electron chi connectivity index (χ0n) is 19.7. The van der Waals surface area contributed by atoms with Gasteiger partial charge >= 0.3 is 0 Å². The molecule has 1 aliphatic carbocycles. The summed E-state index contributed by atoms with van der Waals surface area (Å²) in [4.78, 5) is 8.21. The van der Waals surface area contributed by atoms with Crippen LogP contribution in [0.15, 0.2) is 21.6 Å². The second kappa shape index (κ2) is 7.63. The van der Waals surface area contributed by atoms with Gasteiger partial charge in [-0.05, 0) is 52.2 Å². The number of nitrogens with one attached hydrogen (secondary N) is 3. The molecule has 0 saturated heterocycles. The molecule has 0 radical (unpaired) electrons. The molecule has 0 saturated carbocycles. The van der Waals surface area contributed by atoms with E-state index in [0.717, 1.165) is 82.2 Å². The van der Waals surface area contributed by atoms with E-state index in [1.165, 1.54) is 11.3 Å². The number of anilines is 2. The molecule has 34 heavy (non-hydrogen) atoms. The van der Waals surface area contributed by atoms with Crippen LogP contribution in [0.25, 0.3) is 22.0 Å². The monoisotopic (exact) mass is 460 g/mol. The molecule has 4 heterocycles. The number of H-pyrrole nitrogens is 1. The number of aromatic nitrogens is 4. The molecule has 10 heteroatoms. The Labute approximate surface area is 196 Å². The second-order valence-corrected chi connectivity index (χ2v) is 8.81. The van der Waals surface area contributed by atoms with Crippen molar-refractivity contribution in [2.45, 2.75) is 52.9 Å². The number of hydrogen-bond donors (Lipinski definition) is 4. The molecule has 176 valence electrons. The first-order chi connectivity index (χ1) is 16.5. The fourth-order valence-corrected chi connectivity index (χ4v) is 5.21. The lowest BCUT2D eigenvalue weighted by molar-refractivity contribution is 0.393. The van der Waals surface area contributed by atoms with Crippen LogP contribution in [0.5, 0.6) is 5.75 Å². The van der Waals surface area contributed by atoms with Crippen LogP contribution in [-0.4, -0.2) is 39.2 Å². The van der Waals surface area contributed by atoms with Gasteiger partial charge in [-0.3, -0.25) is 5.73 Å². The van der Waals surface area contributed by atoms with Gasteiger partial charge in [0.15, 0.2) is 6.29 Å². The number of benzene rings is 1. The number of methoxy groups -OCH3 is 1. The highest BCUT2D eigenvalue weighted by Gasteiger charge is 2.29. The van der Waals surface area contributed by atoms with E-state index < -0.39 is 6.29 Å². The maximum atomic E-state index is 6.25. The topological polar surface area (TPSA) is 131 Å². The summed E-state index contributed by atoms with van der Waals surface area (Å²) in [7, 11) is 1.67. The highest BCUT2D eigenvalue weighted by molar-refractivity contribution is 6.21. The summed E-state index contributed by atoms with van der Waals surface area (Å²) in [5, 5.41) is 16.7. The highest BCUT2D eigenvalue weighted by atomic mass is 16.5. The van der Waals surface area contributed by atoms with Crippen molar-refractivity contribution in [2.75, 3.05) is 17.7 Å². The minimum atomic E-state index is -0.571. The maximum absolute atomic E-state index is 6.25. The van der Waals surface area contributed by atoms with Gasteiger partial charge in [-0.1, -0.05) is 5.16 Å². The third-order valence-electron chi connectivity index (χ3n) is 6.73. The molecule has 0 amide bonds. The molecule has 0 bridgehead atoms. The zero-order chi connectivity index (χ0) is 23.6. The minimum Gasteiger partial charge on any atom is -0.496 e. The molecule has 4 aromatic rings. The fraction of sp³-hybridized carbons (Fsp3) is 0.375. The Bertz CT molecular complexity index is 1440. The Morgan fingerprint density at radius 1 is 1.26 bits per heavy atom. The molecule has 5 N–H and O–H groups in total. The average Bonchev–Trinajstić information content (AvgIpc) is 3.56. The predicted molar refractivity (Wildman–Crippen MR) is 132 cm³/mol. The average molecular weight is 461 g/mol. The number of ether oxygens (including phenoxy) is 1. The molecule has 1 aromatic carbocycles. The van der Waals surface area contributed by atoms with Crippen LogP contribution in [0.2, 0.25) is 0 Å². The Morgan fingerprint density at radius 3 is 2.85 bits per heavy atom. The molecular weight excluding hydrogens is 432 g/mol. The Kier molecular flexibility index (Phi) is 4.66. The maximum Gasteiger partial charge on any atom is 0.174 e. The first-order valence-electron chi connectivity index (χ1n) is 11.6. The number of fused-ring (bicyclic) bond motifs is 4. The number of aliphatic imine (C=N–C) groups is 1. The molecular formula is C24H28N8O2. The van der Waals surface area contributed by atoms with Gasteiger partial charge in [0.1, 0.15) is 29.0 Å². The van der Waals surface area contributed by atoms with Gasteiger partial charge in [-0.2, -0.15) is 5.10 Å². The zero-order valence-corrected chi connectivity index (χ0v) is 19.7. The van der Waals surface area contributed by atoms with Crippen LogP contribution in [-0.2, 0) is 19.4 Å². The van der Waals surface area contributed by atoms with Crippen molar-refractivity contribution >= 4 is 28.4 Å². The number of nitrogens with zero attached hydrogens (tertiary/aromatic N) is 4. The quantitative estimate of drug-likeness (QED) is 0.365. The molecule has 1 unspecified atom stereocenters. The third-order valence-corrected chi connectivity index (χ3v) is 6.73. The first-order valence-corrected chi connectivity index (χ1v) is 11.6. The summed E-state index contributed by atoms with van der Waals surface area (Å²) < 4.78 is 13.2. The number of amidine groups is 1. The van der Waals surface area contributed by atoms with Crippen LogP contribution in [0, 0.1) is 13.8 Å². The van der Waals surface area contributed by atoms with E-state index >= 15 is 0 Å². The van der Waals surface area contributed by atoms with E-state index in [1.54, 1.807) is 7.11 Å². The third kappa shape index (κ3) is 3.02. The molecule has 6 rings (SSSR count). The van der Waals surface area contributed by atoms with Gasteiger partial charge in [0.25, 0.3) is 0 Å². The van der Waals surface area contributed by atoms with Crippen LogP contribution < -0.4 is 21.1 Å². The Morgan fingerprint density at radius 2 is 2.12 bits per heavy atom. The van der Waals surface area contributed by atoms with Crippen molar-refractivity contribution < 1.29 is 9.26 Å². The SMILES string of the molecule is CCn1nc2c(c1NC1=NC(N)Nc3[nH]c4cc(-c5c(C)noc5C)c(OC)cc4c31)CCC2. The summed E-state index contributed by atoms with van der Waals surface area (Å²) in [5.41, 5.74) is 13.2. The summed E-state index contributed by atoms with van der Waals surface area (Å²) >= 11 is 0. The number of hydrogen-bond acceptors (Lipinski definition) is 8. The van der Waals surface area contributed by atoms with E-state index in [-0.39, 0.29) is 0 Å². The smallest absolute Gasteiger partial charge is 0.174 e. The number of aryl methyl sites for hydroxylation is 4. The van der Waals surface area contributed by atoms with Gasteiger partial charge in [0.05, 0.1) is 29.6 Å². The first kappa shape index (κ1) is 20.8. The number of aromatic amines is 1.